The number of para-hydroxylation sites is 1. The summed E-state index contributed by atoms with van der Waals surface area (Å²) in [5, 5.41) is 2.25. The van der Waals surface area contributed by atoms with Crippen molar-refractivity contribution in [1.82, 2.24) is 4.90 Å². The molecule has 2 unspecified atom stereocenters. The van der Waals surface area contributed by atoms with Gasteiger partial charge in [0.2, 0.25) is 0 Å². The second kappa shape index (κ2) is 6.63. The fourth-order valence-electron chi connectivity index (χ4n) is 4.34. The van der Waals surface area contributed by atoms with E-state index in [0.717, 1.165) is 28.4 Å². The summed E-state index contributed by atoms with van der Waals surface area (Å²) in [6, 6.07) is 14.3. The van der Waals surface area contributed by atoms with Gasteiger partial charge in [0, 0.05) is 10.8 Å². The first-order valence-electron chi connectivity index (χ1n) is 10.1. The minimum absolute atomic E-state index is 0.0135. The van der Waals surface area contributed by atoms with E-state index >= 15 is 0 Å². The molecule has 1 saturated heterocycles. The van der Waals surface area contributed by atoms with Crippen molar-refractivity contribution in [3.05, 3.63) is 54.1 Å². The van der Waals surface area contributed by atoms with Gasteiger partial charge in [-0.15, -0.1) is 0 Å². The topological polar surface area (TPSA) is 51.9 Å². The van der Waals surface area contributed by atoms with Crippen LogP contribution in [0.3, 0.4) is 0 Å². The molecule has 5 nitrogen and oxygen atoms in total. The van der Waals surface area contributed by atoms with Crippen LogP contribution in [-0.4, -0.2) is 41.9 Å². The number of hydrogen-bond acceptors (Lipinski definition) is 4. The predicted octanol–water partition coefficient (Wildman–Crippen LogP) is 5.38. The molecule has 1 aromatic heterocycles. The molecule has 3 aromatic rings. The van der Waals surface area contributed by atoms with Gasteiger partial charge in [0.15, 0.2) is 0 Å². The highest BCUT2D eigenvalue weighted by atomic mass is 16.6. The first-order chi connectivity index (χ1) is 13.9. The van der Waals surface area contributed by atoms with E-state index in [-0.39, 0.29) is 18.2 Å². The van der Waals surface area contributed by atoms with Crippen LogP contribution < -0.4 is 0 Å². The van der Waals surface area contributed by atoms with Crippen LogP contribution in [0.4, 0.5) is 4.79 Å². The van der Waals surface area contributed by atoms with Gasteiger partial charge in [-0.1, -0.05) is 30.3 Å². The molecule has 0 saturated carbocycles. The molecule has 2 aliphatic heterocycles. The van der Waals surface area contributed by atoms with Crippen LogP contribution in [0.15, 0.2) is 53.0 Å². The average molecular weight is 391 g/mol. The minimum atomic E-state index is -0.510. The standard InChI is InChI=1S/C24H25NO4/c1-24(2,3)29-23(26)25-17-10-16(11-18(25)14-27-13-17)15-8-9-22-20(12-15)19-6-4-5-7-21(19)28-22/h4-10,12,17-18H,11,13-14H2,1-3H3. The van der Waals surface area contributed by atoms with E-state index in [2.05, 4.69) is 24.3 Å². The third-order valence-corrected chi connectivity index (χ3v) is 5.55. The molecule has 5 heteroatoms. The Balaban J connectivity index is 1.51. The Morgan fingerprint density at radius 2 is 1.86 bits per heavy atom. The minimum Gasteiger partial charge on any atom is -0.456 e. The van der Waals surface area contributed by atoms with E-state index < -0.39 is 5.60 Å². The SMILES string of the molecule is CC(C)(C)OC(=O)N1C2C=C(c3ccc4oc5ccccc5c4c3)CC1COC2. The lowest BCUT2D eigenvalue weighted by Gasteiger charge is -2.44. The highest BCUT2D eigenvalue weighted by molar-refractivity contribution is 6.05. The van der Waals surface area contributed by atoms with Crippen molar-refractivity contribution < 1.29 is 18.7 Å². The maximum absolute atomic E-state index is 12.8. The Morgan fingerprint density at radius 3 is 2.66 bits per heavy atom. The highest BCUT2D eigenvalue weighted by Crippen LogP contribution is 2.36. The number of carbonyl (C=O) groups excluding carboxylic acids is 1. The molecule has 29 heavy (non-hydrogen) atoms. The van der Waals surface area contributed by atoms with Crippen molar-refractivity contribution in [2.75, 3.05) is 13.2 Å². The Hall–Kier alpha value is -2.79. The number of nitrogens with zero attached hydrogens (tertiary/aromatic N) is 1. The van der Waals surface area contributed by atoms with E-state index in [1.807, 2.05) is 49.9 Å². The van der Waals surface area contributed by atoms with Gasteiger partial charge >= 0.3 is 6.09 Å². The van der Waals surface area contributed by atoms with Gasteiger partial charge in [0.1, 0.15) is 16.8 Å². The maximum Gasteiger partial charge on any atom is 0.411 e. The van der Waals surface area contributed by atoms with Crippen molar-refractivity contribution in [3.63, 3.8) is 0 Å². The highest BCUT2D eigenvalue weighted by Gasteiger charge is 2.40. The molecule has 3 heterocycles. The molecule has 2 atom stereocenters. The van der Waals surface area contributed by atoms with Gasteiger partial charge in [-0.2, -0.15) is 0 Å². The molecule has 0 spiro atoms. The third kappa shape index (κ3) is 3.29. The molecule has 0 radical (unpaired) electrons. The molecule has 0 N–H and O–H groups in total. The Kier molecular flexibility index (Phi) is 4.17. The zero-order valence-electron chi connectivity index (χ0n) is 17.0. The Bertz CT molecular complexity index is 1120. The molecule has 2 aliphatic rings. The Morgan fingerprint density at radius 1 is 1.07 bits per heavy atom. The molecule has 2 bridgehead atoms. The third-order valence-electron chi connectivity index (χ3n) is 5.55. The summed E-state index contributed by atoms with van der Waals surface area (Å²) < 4.78 is 17.3. The van der Waals surface area contributed by atoms with Crippen molar-refractivity contribution >= 4 is 33.6 Å². The number of amides is 1. The molecule has 1 amide bonds. The second-order valence-electron chi connectivity index (χ2n) is 8.85. The van der Waals surface area contributed by atoms with Crippen LogP contribution in [0.1, 0.15) is 32.8 Å². The van der Waals surface area contributed by atoms with Crippen LogP contribution in [0, 0.1) is 0 Å². The number of rotatable bonds is 1. The van der Waals surface area contributed by atoms with Crippen LogP contribution in [0.5, 0.6) is 0 Å². The van der Waals surface area contributed by atoms with E-state index in [4.69, 9.17) is 13.9 Å². The van der Waals surface area contributed by atoms with Gasteiger partial charge in [0.05, 0.1) is 25.3 Å². The van der Waals surface area contributed by atoms with Crippen LogP contribution in [-0.2, 0) is 9.47 Å². The molecular weight excluding hydrogens is 366 g/mol. The molecule has 2 aromatic carbocycles. The zero-order valence-corrected chi connectivity index (χ0v) is 17.0. The summed E-state index contributed by atoms with van der Waals surface area (Å²) in [5.74, 6) is 0. The molecule has 0 aliphatic carbocycles. The molecule has 1 fully saturated rings. The fraction of sp³-hybridized carbons (Fsp3) is 0.375. The van der Waals surface area contributed by atoms with E-state index in [1.54, 1.807) is 0 Å². The van der Waals surface area contributed by atoms with Crippen molar-refractivity contribution in [2.45, 2.75) is 44.9 Å². The maximum atomic E-state index is 12.8. The van der Waals surface area contributed by atoms with Crippen LogP contribution in [0.25, 0.3) is 27.5 Å². The first kappa shape index (κ1) is 18.3. The van der Waals surface area contributed by atoms with Gasteiger partial charge in [-0.3, -0.25) is 4.90 Å². The number of benzene rings is 2. The number of morpholine rings is 1. The number of fused-ring (bicyclic) bond motifs is 5. The van der Waals surface area contributed by atoms with Crippen molar-refractivity contribution in [3.8, 4) is 0 Å². The molecule has 150 valence electrons. The largest absolute Gasteiger partial charge is 0.456 e. The normalized spacial score (nSPS) is 22.0. The number of carbonyl (C=O) groups is 1. The van der Waals surface area contributed by atoms with Crippen molar-refractivity contribution in [1.29, 1.82) is 0 Å². The summed E-state index contributed by atoms with van der Waals surface area (Å²) in [4.78, 5) is 14.6. The van der Waals surface area contributed by atoms with Gasteiger partial charge in [-0.25, -0.2) is 4.79 Å². The average Bonchev–Trinajstić information content (AvgIpc) is 3.03. The number of furan rings is 1. The van der Waals surface area contributed by atoms with E-state index in [1.165, 1.54) is 11.1 Å². The second-order valence-corrected chi connectivity index (χ2v) is 8.85. The quantitative estimate of drug-likeness (QED) is 0.559. The van der Waals surface area contributed by atoms with E-state index in [0.29, 0.717) is 13.2 Å². The van der Waals surface area contributed by atoms with Crippen LogP contribution in [0.2, 0.25) is 0 Å². The lowest BCUT2D eigenvalue weighted by atomic mass is 9.89. The first-order valence-corrected chi connectivity index (χ1v) is 10.1. The lowest BCUT2D eigenvalue weighted by Crippen LogP contribution is -2.57. The fourth-order valence-corrected chi connectivity index (χ4v) is 4.34. The number of hydrogen-bond donors (Lipinski definition) is 0. The summed E-state index contributed by atoms with van der Waals surface area (Å²) in [5.41, 5.74) is 3.70. The smallest absolute Gasteiger partial charge is 0.411 e. The molecular formula is C24H25NO4. The predicted molar refractivity (Wildman–Crippen MR) is 113 cm³/mol. The van der Waals surface area contributed by atoms with E-state index in [9.17, 15) is 4.79 Å². The Labute approximate surface area is 169 Å². The summed E-state index contributed by atoms with van der Waals surface area (Å²) in [6.07, 6.45) is 2.64. The summed E-state index contributed by atoms with van der Waals surface area (Å²) in [7, 11) is 0. The van der Waals surface area contributed by atoms with Gasteiger partial charge < -0.3 is 13.9 Å². The lowest BCUT2D eigenvalue weighted by molar-refractivity contribution is -0.0510. The van der Waals surface area contributed by atoms with Crippen molar-refractivity contribution in [2.24, 2.45) is 0 Å². The van der Waals surface area contributed by atoms with Gasteiger partial charge in [-0.05, 0) is 56.5 Å². The molecule has 5 rings (SSSR count). The van der Waals surface area contributed by atoms with Gasteiger partial charge in [0.25, 0.3) is 0 Å². The summed E-state index contributed by atoms with van der Waals surface area (Å²) >= 11 is 0. The van der Waals surface area contributed by atoms with Crippen LogP contribution >= 0.6 is 0 Å². The summed E-state index contributed by atoms with van der Waals surface area (Å²) in [6.45, 7) is 6.71. The monoisotopic (exact) mass is 391 g/mol. The zero-order chi connectivity index (χ0) is 20.2. The number of ether oxygens (including phenoxy) is 2.